The average Bonchev–Trinajstić information content (AvgIpc) is 3.16. The van der Waals surface area contributed by atoms with Gasteiger partial charge in [-0.15, -0.1) is 0 Å². The minimum Gasteiger partial charge on any atom is -0.449 e. The smallest absolute Gasteiger partial charge is 0.407 e. The molecule has 0 bridgehead atoms. The third-order valence-corrected chi connectivity index (χ3v) is 6.28. The molecule has 2 aromatic carbocycles. The number of benzene rings is 2. The molecular weight excluding hydrogens is 454 g/mol. The molecule has 2 atom stereocenters. The van der Waals surface area contributed by atoms with Crippen molar-refractivity contribution in [1.82, 2.24) is 10.3 Å². The summed E-state index contributed by atoms with van der Waals surface area (Å²) in [5, 5.41) is 34.4. The monoisotopic (exact) mass is 479 g/mol. The molecule has 1 amide bonds. The number of nitrogens with zero attached hydrogens (tertiary/aromatic N) is 1. The number of carbonyl (C=O) groups excluding carboxylic acids is 1. The van der Waals surface area contributed by atoms with Gasteiger partial charge in [0, 0.05) is 29.8 Å². The summed E-state index contributed by atoms with van der Waals surface area (Å²) in [6, 6.07) is 16.0. The zero-order valence-corrected chi connectivity index (χ0v) is 18.9. The molecule has 10 nitrogen and oxygen atoms in total. The Morgan fingerprint density at radius 1 is 1.14 bits per heavy atom. The summed E-state index contributed by atoms with van der Waals surface area (Å²) >= 11 is 0. The number of aromatic nitrogens is 1. The van der Waals surface area contributed by atoms with Gasteiger partial charge in [-0.05, 0) is 35.6 Å². The Balaban J connectivity index is 1.31. The minimum absolute atomic E-state index is 0.000600. The van der Waals surface area contributed by atoms with Crippen LogP contribution < -0.4 is 10.9 Å². The van der Waals surface area contributed by atoms with Crippen LogP contribution >= 0.6 is 0 Å². The summed E-state index contributed by atoms with van der Waals surface area (Å²) in [4.78, 5) is 36.4. The largest absolute Gasteiger partial charge is 0.449 e. The molecular formula is C25H25N3O7. The van der Waals surface area contributed by atoms with E-state index in [1.165, 1.54) is 6.92 Å². The number of nitro groups is 1. The van der Waals surface area contributed by atoms with Crippen LogP contribution in [0.2, 0.25) is 0 Å². The zero-order valence-electron chi connectivity index (χ0n) is 18.9. The molecule has 0 radical (unpaired) electrons. The molecule has 4 N–H and O–H groups in total. The van der Waals surface area contributed by atoms with E-state index in [1.54, 1.807) is 0 Å². The Kier molecular flexibility index (Phi) is 6.94. The van der Waals surface area contributed by atoms with E-state index in [9.17, 15) is 29.9 Å². The number of rotatable bonds is 8. The van der Waals surface area contributed by atoms with Crippen LogP contribution in [0.3, 0.4) is 0 Å². The first-order chi connectivity index (χ1) is 16.8. The second-order valence-corrected chi connectivity index (χ2v) is 8.36. The first-order valence-electron chi connectivity index (χ1n) is 11.1. The fraction of sp³-hybridized carbons (Fsp3) is 0.280. The summed E-state index contributed by atoms with van der Waals surface area (Å²) in [6.07, 6.45) is -2.40. The van der Waals surface area contributed by atoms with Gasteiger partial charge in [-0.3, -0.25) is 14.9 Å². The predicted molar refractivity (Wildman–Crippen MR) is 127 cm³/mol. The number of fused-ring (bicyclic) bond motifs is 3. The molecule has 1 aromatic heterocycles. The maximum Gasteiger partial charge on any atom is 0.407 e. The van der Waals surface area contributed by atoms with Crippen molar-refractivity contribution >= 4 is 11.8 Å². The highest BCUT2D eigenvalue weighted by molar-refractivity contribution is 5.79. The van der Waals surface area contributed by atoms with E-state index in [0.29, 0.717) is 0 Å². The van der Waals surface area contributed by atoms with Crippen LogP contribution in [0.5, 0.6) is 0 Å². The summed E-state index contributed by atoms with van der Waals surface area (Å²) in [7, 11) is 0. The van der Waals surface area contributed by atoms with Crippen molar-refractivity contribution in [3.05, 3.63) is 97.4 Å². The number of ether oxygens (including phenoxy) is 1. The third kappa shape index (κ3) is 4.79. The van der Waals surface area contributed by atoms with Crippen molar-refractivity contribution in [1.29, 1.82) is 0 Å². The third-order valence-electron chi connectivity index (χ3n) is 6.28. The Labute approximate surface area is 200 Å². The fourth-order valence-electron chi connectivity index (χ4n) is 4.49. The molecule has 0 aliphatic heterocycles. The molecule has 0 spiro atoms. The van der Waals surface area contributed by atoms with Gasteiger partial charge in [0.15, 0.2) is 0 Å². The van der Waals surface area contributed by atoms with Crippen LogP contribution in [-0.2, 0) is 4.74 Å². The van der Waals surface area contributed by atoms with Gasteiger partial charge < -0.3 is 25.3 Å². The number of H-pyrrole nitrogens is 1. The van der Waals surface area contributed by atoms with Crippen LogP contribution in [0.25, 0.3) is 11.1 Å². The SMILES string of the molecule is Cc1c(C(O)C(O)CCNC(=O)OCC2c3ccccc3-c3ccccc32)c[nH]c(=O)c1[N+](=O)[O-]. The topological polar surface area (TPSA) is 155 Å². The maximum absolute atomic E-state index is 12.3. The minimum atomic E-state index is -1.49. The Morgan fingerprint density at radius 3 is 2.34 bits per heavy atom. The lowest BCUT2D eigenvalue weighted by atomic mass is 9.98. The highest BCUT2D eigenvalue weighted by atomic mass is 16.6. The van der Waals surface area contributed by atoms with Gasteiger partial charge in [-0.25, -0.2) is 4.79 Å². The van der Waals surface area contributed by atoms with E-state index in [4.69, 9.17) is 4.74 Å². The quantitative estimate of drug-likeness (QED) is 0.286. The number of hydrogen-bond acceptors (Lipinski definition) is 7. The number of aliphatic hydroxyl groups is 2. The fourth-order valence-corrected chi connectivity index (χ4v) is 4.49. The highest BCUT2D eigenvalue weighted by Gasteiger charge is 2.29. The standard InChI is InChI=1S/C25H25N3O7/c1-14-19(12-27-24(31)22(14)28(33)34)23(30)21(29)10-11-26-25(32)35-13-20-17-8-4-2-6-15(17)16-7-3-5-9-18(16)20/h2-9,12,20-21,23,29-30H,10-11,13H2,1H3,(H,26,32)(H,27,31). The van der Waals surface area contributed by atoms with E-state index in [-0.39, 0.29) is 36.6 Å². The maximum atomic E-state index is 12.3. The van der Waals surface area contributed by atoms with Crippen LogP contribution in [-0.4, -0.2) is 45.5 Å². The van der Waals surface area contributed by atoms with Gasteiger partial charge in [-0.2, -0.15) is 0 Å². The predicted octanol–water partition coefficient (Wildman–Crippen LogP) is 2.91. The highest BCUT2D eigenvalue weighted by Crippen LogP contribution is 2.44. The van der Waals surface area contributed by atoms with Crippen LogP contribution in [0.1, 0.15) is 40.7 Å². The molecule has 0 saturated carbocycles. The van der Waals surface area contributed by atoms with Gasteiger partial charge in [0.1, 0.15) is 12.7 Å². The molecule has 3 aromatic rings. The molecule has 1 heterocycles. The van der Waals surface area contributed by atoms with Crippen molar-refractivity contribution in [3.63, 3.8) is 0 Å². The number of amides is 1. The number of nitrogens with one attached hydrogen (secondary N) is 2. The summed E-state index contributed by atoms with van der Waals surface area (Å²) in [6.45, 7) is 1.47. The second-order valence-electron chi connectivity index (χ2n) is 8.36. The summed E-state index contributed by atoms with van der Waals surface area (Å²) in [5.41, 5.74) is 2.83. The van der Waals surface area contributed by atoms with E-state index in [2.05, 4.69) is 10.3 Å². The van der Waals surface area contributed by atoms with Gasteiger partial charge in [0.05, 0.1) is 11.0 Å². The van der Waals surface area contributed by atoms with Crippen molar-refractivity contribution in [2.45, 2.75) is 31.5 Å². The van der Waals surface area contributed by atoms with Crippen LogP contribution in [0.15, 0.2) is 59.5 Å². The first kappa shape index (κ1) is 24.1. The van der Waals surface area contributed by atoms with E-state index in [1.807, 2.05) is 48.5 Å². The average molecular weight is 479 g/mol. The number of aliphatic hydroxyl groups excluding tert-OH is 2. The molecule has 35 heavy (non-hydrogen) atoms. The van der Waals surface area contributed by atoms with Gasteiger partial charge in [0.2, 0.25) is 0 Å². The molecule has 0 fully saturated rings. The van der Waals surface area contributed by atoms with Gasteiger partial charge in [-0.1, -0.05) is 48.5 Å². The lowest BCUT2D eigenvalue weighted by Crippen LogP contribution is -2.31. The summed E-state index contributed by atoms with van der Waals surface area (Å²) in [5.74, 6) is -0.0837. The number of alkyl carbamates (subject to hydrolysis) is 1. The second kappa shape index (κ2) is 10.1. The van der Waals surface area contributed by atoms with E-state index >= 15 is 0 Å². The Morgan fingerprint density at radius 2 is 1.74 bits per heavy atom. The lowest BCUT2D eigenvalue weighted by molar-refractivity contribution is -0.387. The van der Waals surface area contributed by atoms with Crippen molar-refractivity contribution in [2.75, 3.05) is 13.2 Å². The molecule has 4 rings (SSSR count). The normalized spacial score (nSPS) is 14.0. The molecule has 1 aliphatic rings. The van der Waals surface area contributed by atoms with Crippen molar-refractivity contribution < 1.29 is 24.7 Å². The Bertz CT molecular complexity index is 1270. The molecule has 10 heteroatoms. The lowest BCUT2D eigenvalue weighted by Gasteiger charge is -2.20. The number of pyridine rings is 1. The summed E-state index contributed by atoms with van der Waals surface area (Å²) < 4.78 is 5.43. The molecule has 182 valence electrons. The Hall–Kier alpha value is -4.02. The van der Waals surface area contributed by atoms with Crippen LogP contribution in [0, 0.1) is 17.0 Å². The van der Waals surface area contributed by atoms with Crippen molar-refractivity contribution in [3.8, 4) is 11.1 Å². The molecule has 0 saturated heterocycles. The molecule has 1 aliphatic carbocycles. The van der Waals surface area contributed by atoms with Crippen molar-refractivity contribution in [2.24, 2.45) is 0 Å². The first-order valence-corrected chi connectivity index (χ1v) is 11.1. The zero-order chi connectivity index (χ0) is 25.1. The number of carbonyl (C=O) groups is 1. The van der Waals surface area contributed by atoms with E-state index in [0.717, 1.165) is 28.5 Å². The number of aromatic amines is 1. The van der Waals surface area contributed by atoms with Gasteiger partial charge in [0.25, 0.3) is 0 Å². The molecule has 2 unspecified atom stereocenters. The van der Waals surface area contributed by atoms with Crippen LogP contribution in [0.4, 0.5) is 10.5 Å². The number of hydrogen-bond donors (Lipinski definition) is 4. The van der Waals surface area contributed by atoms with E-state index < -0.39 is 34.5 Å². The van der Waals surface area contributed by atoms with Gasteiger partial charge >= 0.3 is 17.3 Å².